The van der Waals surface area contributed by atoms with Crippen molar-refractivity contribution >= 4 is 11.6 Å². The van der Waals surface area contributed by atoms with Crippen molar-refractivity contribution in [2.24, 2.45) is 0 Å². The van der Waals surface area contributed by atoms with E-state index in [-0.39, 0.29) is 0 Å². The summed E-state index contributed by atoms with van der Waals surface area (Å²) in [6.45, 7) is 2.21. The second-order valence-corrected chi connectivity index (χ2v) is 6.11. The highest BCUT2D eigenvalue weighted by Gasteiger charge is 2.23. The summed E-state index contributed by atoms with van der Waals surface area (Å²) in [6, 6.07) is 13.1. The van der Waals surface area contributed by atoms with Crippen molar-refractivity contribution in [2.45, 2.75) is 44.7 Å². The third kappa shape index (κ3) is 3.28. The van der Waals surface area contributed by atoms with Gasteiger partial charge in [0.1, 0.15) is 0 Å². The third-order valence-electron chi connectivity index (χ3n) is 4.26. The lowest BCUT2D eigenvalue weighted by atomic mass is 9.90. The quantitative estimate of drug-likeness (QED) is 0.873. The summed E-state index contributed by atoms with van der Waals surface area (Å²) in [5, 5.41) is 4.59. The number of halogens is 1. The zero-order chi connectivity index (χ0) is 14.7. The first-order chi connectivity index (χ1) is 10.3. The van der Waals surface area contributed by atoms with Gasteiger partial charge < -0.3 is 5.32 Å². The molecule has 2 atom stereocenters. The number of aromatic nitrogens is 1. The largest absolute Gasteiger partial charge is 0.302 e. The SMILES string of the molecule is CCC(NC1CCCc2cccnc21)c1cccc(Cl)c1. The Morgan fingerprint density at radius 3 is 3.05 bits per heavy atom. The van der Waals surface area contributed by atoms with Crippen LogP contribution in [-0.4, -0.2) is 4.98 Å². The van der Waals surface area contributed by atoms with E-state index >= 15 is 0 Å². The molecule has 1 aliphatic carbocycles. The van der Waals surface area contributed by atoms with Crippen LogP contribution in [0, 0.1) is 0 Å². The molecule has 21 heavy (non-hydrogen) atoms. The lowest BCUT2D eigenvalue weighted by Gasteiger charge is -2.29. The smallest absolute Gasteiger partial charge is 0.0605 e. The van der Waals surface area contributed by atoms with Gasteiger partial charge in [0.25, 0.3) is 0 Å². The van der Waals surface area contributed by atoms with Gasteiger partial charge in [-0.15, -0.1) is 0 Å². The molecular formula is C18H21ClN2. The van der Waals surface area contributed by atoms with Gasteiger partial charge >= 0.3 is 0 Å². The van der Waals surface area contributed by atoms with Crippen molar-refractivity contribution in [3.8, 4) is 0 Å². The minimum Gasteiger partial charge on any atom is -0.302 e. The predicted octanol–water partition coefficient (Wildman–Crippen LogP) is 4.85. The number of pyridine rings is 1. The van der Waals surface area contributed by atoms with Gasteiger partial charge in [-0.25, -0.2) is 0 Å². The Morgan fingerprint density at radius 2 is 2.24 bits per heavy atom. The van der Waals surface area contributed by atoms with Crippen LogP contribution in [0.4, 0.5) is 0 Å². The van der Waals surface area contributed by atoms with E-state index in [2.05, 4.69) is 35.4 Å². The lowest BCUT2D eigenvalue weighted by Crippen LogP contribution is -2.29. The van der Waals surface area contributed by atoms with E-state index in [0.717, 1.165) is 24.3 Å². The van der Waals surface area contributed by atoms with Crippen LogP contribution in [0.1, 0.15) is 55.1 Å². The predicted molar refractivity (Wildman–Crippen MR) is 87.5 cm³/mol. The standard InChI is InChI=1S/C18H21ClN2/c1-2-16(14-7-3-9-15(19)12-14)21-17-10-4-6-13-8-5-11-20-18(13)17/h3,5,7-9,11-12,16-17,21H,2,4,6,10H2,1H3. The normalized spacial score (nSPS) is 19.0. The molecule has 1 N–H and O–H groups in total. The summed E-state index contributed by atoms with van der Waals surface area (Å²) in [7, 11) is 0. The fraction of sp³-hybridized carbons (Fsp3) is 0.389. The minimum atomic E-state index is 0.321. The van der Waals surface area contributed by atoms with Crippen molar-refractivity contribution in [1.82, 2.24) is 10.3 Å². The van der Waals surface area contributed by atoms with Crippen molar-refractivity contribution < 1.29 is 0 Å². The van der Waals surface area contributed by atoms with Crippen molar-refractivity contribution in [1.29, 1.82) is 0 Å². The molecule has 1 heterocycles. The number of aryl methyl sites for hydroxylation is 1. The zero-order valence-corrected chi connectivity index (χ0v) is 13.1. The van der Waals surface area contributed by atoms with Crippen LogP contribution in [0.15, 0.2) is 42.6 Å². The van der Waals surface area contributed by atoms with E-state index in [0.29, 0.717) is 12.1 Å². The average molecular weight is 301 g/mol. The molecule has 1 aliphatic rings. The second-order valence-electron chi connectivity index (χ2n) is 5.68. The van der Waals surface area contributed by atoms with E-state index in [9.17, 15) is 0 Å². The van der Waals surface area contributed by atoms with E-state index in [1.165, 1.54) is 23.2 Å². The van der Waals surface area contributed by atoms with Crippen molar-refractivity contribution in [2.75, 3.05) is 0 Å². The van der Waals surface area contributed by atoms with Crippen LogP contribution < -0.4 is 5.32 Å². The maximum Gasteiger partial charge on any atom is 0.0605 e. The molecule has 0 aliphatic heterocycles. The summed E-state index contributed by atoms with van der Waals surface area (Å²) in [5.74, 6) is 0. The van der Waals surface area contributed by atoms with Crippen LogP contribution in [0.2, 0.25) is 5.02 Å². The van der Waals surface area contributed by atoms with Crippen LogP contribution in [0.25, 0.3) is 0 Å². The fourth-order valence-corrected chi connectivity index (χ4v) is 3.39. The molecule has 0 fully saturated rings. The summed E-state index contributed by atoms with van der Waals surface area (Å²) >= 11 is 6.13. The van der Waals surface area contributed by atoms with Gasteiger partial charge in [0.05, 0.1) is 11.7 Å². The Hall–Kier alpha value is -1.38. The first kappa shape index (κ1) is 14.6. The van der Waals surface area contributed by atoms with Gasteiger partial charge in [0, 0.05) is 17.3 Å². The molecule has 0 spiro atoms. The number of nitrogens with one attached hydrogen (secondary N) is 1. The van der Waals surface area contributed by atoms with Gasteiger partial charge in [-0.2, -0.15) is 0 Å². The average Bonchev–Trinajstić information content (AvgIpc) is 2.52. The van der Waals surface area contributed by atoms with Crippen LogP contribution >= 0.6 is 11.6 Å². The number of benzene rings is 1. The summed E-state index contributed by atoms with van der Waals surface area (Å²) < 4.78 is 0. The number of rotatable bonds is 4. The van der Waals surface area contributed by atoms with Crippen LogP contribution in [0.5, 0.6) is 0 Å². The fourth-order valence-electron chi connectivity index (χ4n) is 3.19. The first-order valence-electron chi connectivity index (χ1n) is 7.73. The highest BCUT2D eigenvalue weighted by atomic mass is 35.5. The minimum absolute atomic E-state index is 0.321. The Bertz CT molecular complexity index is 612. The molecule has 3 rings (SSSR count). The maximum atomic E-state index is 6.13. The highest BCUT2D eigenvalue weighted by Crippen LogP contribution is 2.31. The Labute approximate surface area is 131 Å². The highest BCUT2D eigenvalue weighted by molar-refractivity contribution is 6.30. The maximum absolute atomic E-state index is 6.13. The molecule has 110 valence electrons. The molecule has 3 heteroatoms. The third-order valence-corrected chi connectivity index (χ3v) is 4.49. The zero-order valence-electron chi connectivity index (χ0n) is 12.3. The molecule has 1 aromatic carbocycles. The molecule has 0 amide bonds. The molecule has 2 aromatic rings. The van der Waals surface area contributed by atoms with Gasteiger partial charge in [-0.05, 0) is 55.0 Å². The number of nitrogens with zero attached hydrogens (tertiary/aromatic N) is 1. The van der Waals surface area contributed by atoms with E-state index in [4.69, 9.17) is 11.6 Å². The molecule has 0 saturated heterocycles. The summed E-state index contributed by atoms with van der Waals surface area (Å²) in [6.07, 6.45) is 6.47. The molecule has 1 aromatic heterocycles. The van der Waals surface area contributed by atoms with Gasteiger partial charge in [-0.1, -0.05) is 36.7 Å². The van der Waals surface area contributed by atoms with Crippen LogP contribution in [-0.2, 0) is 6.42 Å². The topological polar surface area (TPSA) is 24.9 Å². The molecule has 0 bridgehead atoms. The van der Waals surface area contributed by atoms with E-state index in [1.54, 1.807) is 0 Å². The van der Waals surface area contributed by atoms with Crippen molar-refractivity contribution in [3.05, 3.63) is 64.4 Å². The van der Waals surface area contributed by atoms with E-state index in [1.807, 2.05) is 24.4 Å². The molecule has 0 radical (unpaired) electrons. The molecule has 2 nitrogen and oxygen atoms in total. The molecule has 2 unspecified atom stereocenters. The second kappa shape index (κ2) is 6.59. The monoisotopic (exact) mass is 300 g/mol. The van der Waals surface area contributed by atoms with Crippen molar-refractivity contribution in [3.63, 3.8) is 0 Å². The molecule has 0 saturated carbocycles. The number of hydrogen-bond donors (Lipinski definition) is 1. The summed E-state index contributed by atoms with van der Waals surface area (Å²) in [5.41, 5.74) is 3.87. The number of hydrogen-bond acceptors (Lipinski definition) is 2. The molecular weight excluding hydrogens is 280 g/mol. The van der Waals surface area contributed by atoms with Crippen LogP contribution in [0.3, 0.4) is 0 Å². The van der Waals surface area contributed by atoms with Gasteiger partial charge in [0.15, 0.2) is 0 Å². The van der Waals surface area contributed by atoms with Gasteiger partial charge in [0.2, 0.25) is 0 Å². The number of fused-ring (bicyclic) bond motifs is 1. The summed E-state index contributed by atoms with van der Waals surface area (Å²) in [4.78, 5) is 4.61. The van der Waals surface area contributed by atoms with Gasteiger partial charge in [-0.3, -0.25) is 4.98 Å². The lowest BCUT2D eigenvalue weighted by molar-refractivity contribution is 0.385. The first-order valence-corrected chi connectivity index (χ1v) is 8.11. The van der Waals surface area contributed by atoms with E-state index < -0.39 is 0 Å². The Kier molecular flexibility index (Phi) is 4.57. The Morgan fingerprint density at radius 1 is 1.33 bits per heavy atom. The Balaban J connectivity index is 1.82.